The highest BCUT2D eigenvalue weighted by molar-refractivity contribution is 14.1. The number of carboxylic acid groups (broad SMARTS) is 1. The van der Waals surface area contributed by atoms with E-state index < -0.39 is 5.97 Å². The number of rotatable bonds is 5. The third kappa shape index (κ3) is 3.79. The highest BCUT2D eigenvalue weighted by Crippen LogP contribution is 2.12. The molecule has 0 aromatic heterocycles. The van der Waals surface area contributed by atoms with Gasteiger partial charge >= 0.3 is 5.97 Å². The Morgan fingerprint density at radius 1 is 1.56 bits per heavy atom. The van der Waals surface area contributed by atoms with E-state index in [4.69, 9.17) is 10.4 Å². The quantitative estimate of drug-likeness (QED) is 0.639. The molecule has 16 heavy (non-hydrogen) atoms. The number of nitrogens with zero attached hydrogens (tertiary/aromatic N) is 1. The first-order valence-electron chi connectivity index (χ1n) is 4.73. The van der Waals surface area contributed by atoms with E-state index in [0.717, 1.165) is 5.56 Å². The summed E-state index contributed by atoms with van der Waals surface area (Å²) in [5.41, 5.74) is 1.48. The smallest absolute Gasteiger partial charge is 0.304 e. The van der Waals surface area contributed by atoms with Gasteiger partial charge in [-0.05, 0) is 18.1 Å². The van der Waals surface area contributed by atoms with Gasteiger partial charge in [0.1, 0.15) is 0 Å². The first-order valence-corrected chi connectivity index (χ1v) is 5.81. The van der Waals surface area contributed by atoms with E-state index in [1.807, 2.05) is 35.0 Å². The molecule has 5 heteroatoms. The average molecular weight is 330 g/mol. The van der Waals surface area contributed by atoms with Gasteiger partial charge in [0.15, 0.2) is 0 Å². The van der Waals surface area contributed by atoms with Gasteiger partial charge in [-0.25, -0.2) is 0 Å². The lowest BCUT2D eigenvalue weighted by Gasteiger charge is -2.13. The van der Waals surface area contributed by atoms with Crippen molar-refractivity contribution in [3.05, 3.63) is 35.4 Å². The van der Waals surface area contributed by atoms with Crippen molar-refractivity contribution in [1.82, 2.24) is 3.53 Å². The fourth-order valence-electron chi connectivity index (χ4n) is 1.43. The van der Waals surface area contributed by atoms with Gasteiger partial charge in [0.25, 0.3) is 0 Å². The molecule has 0 heterocycles. The van der Waals surface area contributed by atoms with Gasteiger partial charge in [-0.2, -0.15) is 5.26 Å². The van der Waals surface area contributed by atoms with Gasteiger partial charge in [0.05, 0.1) is 18.1 Å². The maximum Gasteiger partial charge on any atom is 0.304 e. The van der Waals surface area contributed by atoms with Crippen molar-refractivity contribution < 1.29 is 9.90 Å². The minimum atomic E-state index is -0.844. The summed E-state index contributed by atoms with van der Waals surface area (Å²) in [6, 6.07) is 9.17. The van der Waals surface area contributed by atoms with Crippen molar-refractivity contribution in [2.45, 2.75) is 18.9 Å². The van der Waals surface area contributed by atoms with E-state index in [2.05, 4.69) is 9.60 Å². The summed E-state index contributed by atoms with van der Waals surface area (Å²) in [6.07, 6.45) is 0.585. The molecule has 0 fully saturated rings. The largest absolute Gasteiger partial charge is 0.481 e. The molecule has 1 aromatic rings. The second kappa shape index (κ2) is 6.45. The molecule has 0 amide bonds. The minimum absolute atomic E-state index is 0.0443. The van der Waals surface area contributed by atoms with Gasteiger partial charge in [-0.3, -0.25) is 8.32 Å². The van der Waals surface area contributed by atoms with Crippen LogP contribution in [0.3, 0.4) is 0 Å². The molecular weight excluding hydrogens is 319 g/mol. The summed E-state index contributed by atoms with van der Waals surface area (Å²) in [5.74, 6) is -0.844. The van der Waals surface area contributed by atoms with Crippen LogP contribution in [0.15, 0.2) is 24.3 Å². The Bertz CT molecular complexity index is 415. The van der Waals surface area contributed by atoms with Crippen molar-refractivity contribution >= 4 is 28.8 Å². The molecule has 0 spiro atoms. The van der Waals surface area contributed by atoms with E-state index in [-0.39, 0.29) is 12.5 Å². The first kappa shape index (κ1) is 12.9. The average Bonchev–Trinajstić information content (AvgIpc) is 2.28. The number of hydrogen-bond donors (Lipinski definition) is 2. The molecule has 1 aromatic carbocycles. The fraction of sp³-hybridized carbons (Fsp3) is 0.273. The molecule has 0 saturated heterocycles. The Labute approximate surface area is 108 Å². The van der Waals surface area contributed by atoms with E-state index in [1.165, 1.54) is 0 Å². The summed E-state index contributed by atoms with van der Waals surface area (Å²) in [7, 11) is 0. The van der Waals surface area contributed by atoms with E-state index in [1.54, 1.807) is 12.1 Å². The van der Waals surface area contributed by atoms with Gasteiger partial charge < -0.3 is 5.11 Å². The maximum absolute atomic E-state index is 10.6. The molecule has 1 atom stereocenters. The zero-order chi connectivity index (χ0) is 12.0. The SMILES string of the molecule is N#Cc1ccccc1CC(CC(=O)O)NI. The summed E-state index contributed by atoms with van der Waals surface area (Å²) in [4.78, 5) is 10.6. The highest BCUT2D eigenvalue weighted by Gasteiger charge is 2.14. The zero-order valence-corrected chi connectivity index (χ0v) is 10.6. The number of halogens is 1. The van der Waals surface area contributed by atoms with Crippen LogP contribution in [-0.4, -0.2) is 17.1 Å². The second-order valence-electron chi connectivity index (χ2n) is 3.38. The molecule has 0 radical (unpaired) electrons. The van der Waals surface area contributed by atoms with Crippen LogP contribution >= 0.6 is 22.9 Å². The highest BCUT2D eigenvalue weighted by atomic mass is 127. The first-order chi connectivity index (χ1) is 7.67. The molecule has 1 rings (SSSR count). The van der Waals surface area contributed by atoms with Crippen LogP contribution in [0.5, 0.6) is 0 Å². The minimum Gasteiger partial charge on any atom is -0.481 e. The Kier molecular flexibility index (Phi) is 5.22. The van der Waals surface area contributed by atoms with Crippen molar-refractivity contribution in [3.8, 4) is 6.07 Å². The normalized spacial score (nSPS) is 11.8. The molecule has 1 unspecified atom stereocenters. The molecule has 84 valence electrons. The van der Waals surface area contributed by atoms with Crippen molar-refractivity contribution in [1.29, 1.82) is 5.26 Å². The molecule has 0 bridgehead atoms. The molecule has 0 aliphatic rings. The standard InChI is InChI=1S/C11H11IN2O2/c12-14-10(6-11(15)16)5-8-3-1-2-4-9(8)7-13/h1-4,10,14H,5-6H2,(H,15,16). The van der Waals surface area contributed by atoms with Crippen LogP contribution in [0.4, 0.5) is 0 Å². The van der Waals surface area contributed by atoms with Gasteiger partial charge in [-0.1, -0.05) is 18.2 Å². The van der Waals surface area contributed by atoms with Gasteiger partial charge in [0.2, 0.25) is 0 Å². The van der Waals surface area contributed by atoms with Crippen LogP contribution in [0, 0.1) is 11.3 Å². The fourth-order valence-corrected chi connectivity index (χ4v) is 1.87. The molecule has 2 N–H and O–H groups in total. The lowest BCUT2D eigenvalue weighted by atomic mass is 10.00. The number of hydrogen-bond acceptors (Lipinski definition) is 3. The Morgan fingerprint density at radius 2 is 2.25 bits per heavy atom. The number of carboxylic acids is 1. The van der Waals surface area contributed by atoms with E-state index >= 15 is 0 Å². The zero-order valence-electron chi connectivity index (χ0n) is 8.48. The Hall–Kier alpha value is -1.13. The van der Waals surface area contributed by atoms with Crippen LogP contribution in [0.25, 0.3) is 0 Å². The van der Waals surface area contributed by atoms with Crippen molar-refractivity contribution in [2.75, 3.05) is 0 Å². The summed E-state index contributed by atoms with van der Waals surface area (Å²) in [6.45, 7) is 0. The molecule has 4 nitrogen and oxygen atoms in total. The molecule has 0 saturated carbocycles. The predicted molar refractivity (Wildman–Crippen MR) is 68.1 cm³/mol. The topological polar surface area (TPSA) is 73.1 Å². The summed E-state index contributed by atoms with van der Waals surface area (Å²) < 4.78 is 2.91. The number of nitriles is 1. The van der Waals surface area contributed by atoms with Gasteiger partial charge in [-0.15, -0.1) is 0 Å². The summed E-state index contributed by atoms with van der Waals surface area (Å²) >= 11 is 1.94. The van der Waals surface area contributed by atoms with Crippen LogP contribution in [0.1, 0.15) is 17.5 Å². The number of carbonyl (C=O) groups is 1. The number of aliphatic carboxylic acids is 1. The maximum atomic E-state index is 10.6. The monoisotopic (exact) mass is 330 g/mol. The molecule has 0 aliphatic carbocycles. The predicted octanol–water partition coefficient (Wildman–Crippen LogP) is 1.88. The lowest BCUT2D eigenvalue weighted by Crippen LogP contribution is -2.26. The van der Waals surface area contributed by atoms with Gasteiger partial charge in [0, 0.05) is 28.9 Å². The van der Waals surface area contributed by atoms with Crippen molar-refractivity contribution in [2.24, 2.45) is 0 Å². The second-order valence-corrected chi connectivity index (χ2v) is 4.00. The lowest BCUT2D eigenvalue weighted by molar-refractivity contribution is -0.137. The van der Waals surface area contributed by atoms with E-state index in [0.29, 0.717) is 12.0 Å². The summed E-state index contributed by atoms with van der Waals surface area (Å²) in [5, 5.41) is 17.6. The number of benzene rings is 1. The van der Waals surface area contributed by atoms with E-state index in [9.17, 15) is 4.79 Å². The molecular formula is C11H11IN2O2. The molecule has 0 aliphatic heterocycles. The van der Waals surface area contributed by atoms with Crippen LogP contribution in [-0.2, 0) is 11.2 Å². The third-order valence-corrected chi connectivity index (χ3v) is 3.06. The number of nitrogens with one attached hydrogen (secondary N) is 1. The Balaban J connectivity index is 2.78. The Morgan fingerprint density at radius 3 is 2.81 bits per heavy atom. The van der Waals surface area contributed by atoms with Crippen molar-refractivity contribution in [3.63, 3.8) is 0 Å². The third-order valence-electron chi connectivity index (χ3n) is 2.18. The van der Waals surface area contributed by atoms with Crippen LogP contribution in [0.2, 0.25) is 0 Å². The van der Waals surface area contributed by atoms with Crippen LogP contribution < -0.4 is 3.53 Å².